The smallest absolute Gasteiger partial charge is 0.231 e. The maximum absolute atomic E-state index is 13.1. The van der Waals surface area contributed by atoms with E-state index in [-0.39, 0.29) is 5.82 Å². The van der Waals surface area contributed by atoms with E-state index in [0.717, 1.165) is 11.3 Å². The summed E-state index contributed by atoms with van der Waals surface area (Å²) >= 11 is 0. The number of benzene rings is 2. The third-order valence-electron chi connectivity index (χ3n) is 3.05. The molecule has 0 atom stereocenters. The summed E-state index contributed by atoms with van der Waals surface area (Å²) in [5, 5.41) is 6.08. The Kier molecular flexibility index (Phi) is 4.28. The molecule has 0 saturated carbocycles. The van der Waals surface area contributed by atoms with Gasteiger partial charge in [-0.25, -0.2) is 14.4 Å². The first-order valence-corrected chi connectivity index (χ1v) is 6.99. The van der Waals surface area contributed by atoms with Crippen molar-refractivity contribution in [2.45, 2.75) is 6.54 Å². The van der Waals surface area contributed by atoms with Crippen molar-refractivity contribution in [2.75, 3.05) is 16.4 Å². The monoisotopic (exact) mass is 310 g/mol. The van der Waals surface area contributed by atoms with Gasteiger partial charge in [-0.3, -0.25) is 0 Å². The van der Waals surface area contributed by atoms with Crippen molar-refractivity contribution in [3.8, 4) is 0 Å². The van der Waals surface area contributed by atoms with Crippen LogP contribution in [0.4, 0.5) is 27.7 Å². The second-order valence-corrected chi connectivity index (χ2v) is 4.87. The van der Waals surface area contributed by atoms with Crippen molar-refractivity contribution in [2.24, 2.45) is 0 Å². The zero-order valence-electron chi connectivity index (χ0n) is 12.2. The lowest BCUT2D eigenvalue weighted by molar-refractivity contribution is 0.626. The molecule has 3 aromatic rings. The van der Waals surface area contributed by atoms with Gasteiger partial charge in [0.2, 0.25) is 11.9 Å². The van der Waals surface area contributed by atoms with Gasteiger partial charge in [0.15, 0.2) is 0 Å². The molecule has 6 nitrogen and oxygen atoms in total. The maximum atomic E-state index is 13.1. The Morgan fingerprint density at radius 3 is 2.65 bits per heavy atom. The summed E-state index contributed by atoms with van der Waals surface area (Å²) in [7, 11) is 0. The number of nitrogens with two attached hydrogens (primary N) is 1. The Morgan fingerprint density at radius 2 is 1.83 bits per heavy atom. The highest BCUT2D eigenvalue weighted by atomic mass is 19.1. The number of aromatic nitrogens is 3. The second kappa shape index (κ2) is 6.69. The minimum atomic E-state index is -0.274. The Labute approximate surface area is 132 Å². The van der Waals surface area contributed by atoms with Crippen molar-refractivity contribution in [1.29, 1.82) is 0 Å². The summed E-state index contributed by atoms with van der Waals surface area (Å²) < 4.78 is 13.1. The van der Waals surface area contributed by atoms with Crippen molar-refractivity contribution in [1.82, 2.24) is 15.0 Å². The van der Waals surface area contributed by atoms with E-state index in [1.807, 2.05) is 18.2 Å². The highest BCUT2D eigenvalue weighted by Gasteiger charge is 2.02. The number of nitrogen functional groups attached to an aromatic ring is 1. The lowest BCUT2D eigenvalue weighted by Crippen LogP contribution is -2.06. The Bertz CT molecular complexity index is 808. The molecule has 1 heterocycles. The van der Waals surface area contributed by atoms with Gasteiger partial charge in [-0.1, -0.05) is 18.2 Å². The van der Waals surface area contributed by atoms with Crippen LogP contribution in [0, 0.1) is 5.82 Å². The van der Waals surface area contributed by atoms with Gasteiger partial charge < -0.3 is 16.4 Å². The molecule has 4 N–H and O–H groups in total. The van der Waals surface area contributed by atoms with Crippen LogP contribution in [0.25, 0.3) is 0 Å². The Balaban J connectivity index is 1.67. The number of anilines is 4. The molecule has 0 aliphatic heterocycles. The molecule has 23 heavy (non-hydrogen) atoms. The number of rotatable bonds is 5. The van der Waals surface area contributed by atoms with Gasteiger partial charge in [0.1, 0.15) is 12.1 Å². The van der Waals surface area contributed by atoms with Crippen LogP contribution in [0.5, 0.6) is 0 Å². The first-order chi connectivity index (χ1) is 11.2. The van der Waals surface area contributed by atoms with Crippen LogP contribution in [0.15, 0.2) is 54.9 Å². The van der Waals surface area contributed by atoms with E-state index in [2.05, 4.69) is 25.6 Å². The largest absolute Gasteiger partial charge is 0.399 e. The van der Waals surface area contributed by atoms with Crippen LogP contribution < -0.4 is 16.4 Å². The average molecular weight is 310 g/mol. The number of nitrogens with one attached hydrogen (secondary N) is 2. The van der Waals surface area contributed by atoms with Crippen molar-refractivity contribution in [3.63, 3.8) is 0 Å². The molecule has 0 aliphatic carbocycles. The van der Waals surface area contributed by atoms with Crippen LogP contribution in [0.3, 0.4) is 0 Å². The van der Waals surface area contributed by atoms with E-state index in [1.165, 1.54) is 18.5 Å². The summed E-state index contributed by atoms with van der Waals surface area (Å²) in [5.41, 5.74) is 7.96. The molecule has 0 fully saturated rings. The maximum Gasteiger partial charge on any atom is 0.231 e. The zero-order chi connectivity index (χ0) is 16.1. The van der Waals surface area contributed by atoms with Crippen LogP contribution in [-0.2, 0) is 6.54 Å². The molecule has 3 rings (SSSR count). The van der Waals surface area contributed by atoms with E-state index in [0.29, 0.717) is 24.1 Å². The number of halogens is 1. The van der Waals surface area contributed by atoms with Crippen LogP contribution in [-0.4, -0.2) is 15.0 Å². The molecule has 0 aliphatic rings. The minimum Gasteiger partial charge on any atom is -0.399 e. The van der Waals surface area contributed by atoms with E-state index < -0.39 is 0 Å². The van der Waals surface area contributed by atoms with Crippen molar-refractivity contribution >= 4 is 23.3 Å². The fourth-order valence-electron chi connectivity index (χ4n) is 2.02. The van der Waals surface area contributed by atoms with Gasteiger partial charge in [-0.15, -0.1) is 0 Å². The molecule has 116 valence electrons. The summed E-state index contributed by atoms with van der Waals surface area (Å²) in [6.45, 7) is 0.416. The first-order valence-electron chi connectivity index (χ1n) is 6.99. The Morgan fingerprint density at radius 1 is 1.00 bits per heavy atom. The average Bonchev–Trinajstić information content (AvgIpc) is 2.53. The molecular formula is C16H15FN6. The van der Waals surface area contributed by atoms with E-state index in [9.17, 15) is 4.39 Å². The first kappa shape index (κ1) is 14.7. The molecule has 0 radical (unpaired) electrons. The topological polar surface area (TPSA) is 88.8 Å². The summed E-state index contributed by atoms with van der Waals surface area (Å²) in [6, 6.07) is 13.6. The molecule has 0 unspecified atom stereocenters. The molecule has 1 aromatic heterocycles. The van der Waals surface area contributed by atoms with E-state index in [1.54, 1.807) is 18.2 Å². The van der Waals surface area contributed by atoms with Gasteiger partial charge in [-0.05, 0) is 35.9 Å². The van der Waals surface area contributed by atoms with Crippen LogP contribution in [0.1, 0.15) is 5.56 Å². The van der Waals surface area contributed by atoms with Gasteiger partial charge in [0, 0.05) is 17.9 Å². The van der Waals surface area contributed by atoms with Crippen molar-refractivity contribution < 1.29 is 4.39 Å². The molecule has 0 spiro atoms. The minimum absolute atomic E-state index is 0.274. The fourth-order valence-corrected chi connectivity index (χ4v) is 2.02. The van der Waals surface area contributed by atoms with Crippen molar-refractivity contribution in [3.05, 3.63) is 66.2 Å². The van der Waals surface area contributed by atoms with Gasteiger partial charge in [0.25, 0.3) is 0 Å². The second-order valence-electron chi connectivity index (χ2n) is 4.87. The molecule has 7 heteroatoms. The predicted molar refractivity (Wildman–Crippen MR) is 87.7 cm³/mol. The third-order valence-corrected chi connectivity index (χ3v) is 3.05. The van der Waals surface area contributed by atoms with Gasteiger partial charge >= 0.3 is 0 Å². The molecule has 0 amide bonds. The summed E-state index contributed by atoms with van der Waals surface area (Å²) in [6.07, 6.45) is 1.40. The number of hydrogen-bond donors (Lipinski definition) is 3. The molecule has 0 bridgehead atoms. The van der Waals surface area contributed by atoms with E-state index in [4.69, 9.17) is 5.73 Å². The highest BCUT2D eigenvalue weighted by molar-refractivity contribution is 5.59. The molecule has 0 saturated heterocycles. The quantitative estimate of drug-likeness (QED) is 0.628. The highest BCUT2D eigenvalue weighted by Crippen LogP contribution is 2.16. The lowest BCUT2D eigenvalue weighted by Gasteiger charge is -2.08. The normalized spacial score (nSPS) is 10.3. The standard InChI is InChI=1S/C16H15FN6/c17-12-4-1-3-11(7-12)9-19-15-20-10-21-16(23-15)22-14-6-2-5-13(18)8-14/h1-8,10H,9,18H2,(H2,19,20,21,22,23). The van der Waals surface area contributed by atoms with Crippen LogP contribution in [0.2, 0.25) is 0 Å². The van der Waals surface area contributed by atoms with Gasteiger partial charge in [0.05, 0.1) is 0 Å². The molecule has 2 aromatic carbocycles. The predicted octanol–water partition coefficient (Wildman–Crippen LogP) is 2.95. The SMILES string of the molecule is Nc1cccc(Nc2ncnc(NCc3cccc(F)c3)n2)c1. The Hall–Kier alpha value is -3.22. The third kappa shape index (κ3) is 4.13. The lowest BCUT2D eigenvalue weighted by atomic mass is 10.2. The zero-order valence-corrected chi connectivity index (χ0v) is 12.2. The van der Waals surface area contributed by atoms with Crippen LogP contribution >= 0.6 is 0 Å². The van der Waals surface area contributed by atoms with Gasteiger partial charge in [-0.2, -0.15) is 4.98 Å². The molecular weight excluding hydrogens is 295 g/mol. The van der Waals surface area contributed by atoms with E-state index >= 15 is 0 Å². The summed E-state index contributed by atoms with van der Waals surface area (Å²) in [4.78, 5) is 12.4. The fraction of sp³-hybridized carbons (Fsp3) is 0.0625. The number of hydrogen-bond acceptors (Lipinski definition) is 6. The summed E-state index contributed by atoms with van der Waals surface area (Å²) in [5.74, 6) is 0.520. The number of nitrogens with zero attached hydrogens (tertiary/aromatic N) is 3.